The number of furan rings is 1. The number of hydrogen-bond donors (Lipinski definition) is 0. The van der Waals surface area contributed by atoms with Crippen molar-refractivity contribution in [2.24, 2.45) is 0 Å². The number of hydrogen-bond acceptors (Lipinski definition) is 3. The molecule has 3 heteroatoms. The van der Waals surface area contributed by atoms with Crippen molar-refractivity contribution in [1.29, 1.82) is 0 Å². The Balaban J connectivity index is 1.67. The summed E-state index contributed by atoms with van der Waals surface area (Å²) >= 11 is 0. The Labute approximate surface area is 159 Å². The van der Waals surface area contributed by atoms with Gasteiger partial charge in [-0.2, -0.15) is 0 Å². The topological polar surface area (TPSA) is 39.4 Å². The molecular formula is C24H20O3. The molecular weight excluding hydrogens is 336 g/mol. The molecule has 0 radical (unpaired) electrons. The highest BCUT2D eigenvalue weighted by Gasteiger charge is 2.12. The van der Waals surface area contributed by atoms with Crippen LogP contribution >= 0.6 is 0 Å². The minimum Gasteiger partial charge on any atom is -0.469 e. The minimum atomic E-state index is -0.413. The van der Waals surface area contributed by atoms with Crippen LogP contribution < -0.4 is 0 Å². The van der Waals surface area contributed by atoms with E-state index in [1.165, 1.54) is 5.56 Å². The lowest BCUT2D eigenvalue weighted by Crippen LogP contribution is -2.10. The van der Waals surface area contributed by atoms with Gasteiger partial charge in [-0.1, -0.05) is 48.2 Å². The Morgan fingerprint density at radius 2 is 1.81 bits per heavy atom. The van der Waals surface area contributed by atoms with Gasteiger partial charge in [0.2, 0.25) is 0 Å². The smallest absolute Gasteiger partial charge is 0.339 e. The molecule has 3 nitrogen and oxygen atoms in total. The van der Waals surface area contributed by atoms with Crippen molar-refractivity contribution in [3.63, 3.8) is 0 Å². The maximum absolute atomic E-state index is 12.5. The molecule has 0 spiro atoms. The summed E-state index contributed by atoms with van der Waals surface area (Å²) in [4.78, 5) is 12.5. The van der Waals surface area contributed by atoms with E-state index in [4.69, 9.17) is 9.15 Å². The zero-order valence-electron chi connectivity index (χ0n) is 15.2. The Kier molecular flexibility index (Phi) is 5.91. The van der Waals surface area contributed by atoms with Crippen LogP contribution in [-0.2, 0) is 11.2 Å². The van der Waals surface area contributed by atoms with Gasteiger partial charge in [-0.3, -0.25) is 0 Å². The van der Waals surface area contributed by atoms with E-state index < -0.39 is 5.97 Å². The van der Waals surface area contributed by atoms with Gasteiger partial charge < -0.3 is 9.15 Å². The number of benzene rings is 2. The summed E-state index contributed by atoms with van der Waals surface area (Å²) in [6, 6.07) is 18.8. The monoisotopic (exact) mass is 356 g/mol. The lowest BCUT2D eigenvalue weighted by atomic mass is 10.1. The molecule has 0 atom stereocenters. The van der Waals surface area contributed by atoms with Crippen molar-refractivity contribution in [3.05, 3.63) is 107 Å². The van der Waals surface area contributed by atoms with Crippen LogP contribution in [0.1, 0.15) is 32.8 Å². The highest BCUT2D eigenvalue weighted by Crippen LogP contribution is 2.12. The summed E-state index contributed by atoms with van der Waals surface area (Å²) in [6.07, 6.45) is 2.15. The Morgan fingerprint density at radius 3 is 2.56 bits per heavy atom. The molecule has 3 rings (SSSR count). The summed E-state index contributed by atoms with van der Waals surface area (Å²) in [5, 5.41) is 0. The first-order chi connectivity index (χ1) is 13.1. The van der Waals surface area contributed by atoms with Crippen molar-refractivity contribution in [2.45, 2.75) is 13.3 Å². The highest BCUT2D eigenvalue weighted by atomic mass is 16.5. The van der Waals surface area contributed by atoms with Gasteiger partial charge in [0, 0.05) is 17.5 Å². The van der Waals surface area contributed by atoms with Crippen LogP contribution in [0.5, 0.6) is 0 Å². The summed E-state index contributed by atoms with van der Waals surface area (Å²) < 4.78 is 10.7. The first-order valence-electron chi connectivity index (χ1n) is 8.66. The molecule has 0 unspecified atom stereocenters. The fourth-order valence-electron chi connectivity index (χ4n) is 2.50. The van der Waals surface area contributed by atoms with E-state index in [2.05, 4.69) is 18.4 Å². The predicted octanol–water partition coefficient (Wildman–Crippen LogP) is 4.94. The van der Waals surface area contributed by atoms with E-state index in [1.54, 1.807) is 18.4 Å². The van der Waals surface area contributed by atoms with E-state index >= 15 is 0 Å². The normalized spacial score (nSPS) is 9.96. The van der Waals surface area contributed by atoms with E-state index in [1.807, 2.05) is 55.5 Å². The van der Waals surface area contributed by atoms with E-state index in [9.17, 15) is 4.79 Å². The molecule has 2 aromatic carbocycles. The number of esters is 1. The Bertz CT molecular complexity index is 984. The van der Waals surface area contributed by atoms with Crippen LogP contribution in [0.15, 0.2) is 83.5 Å². The van der Waals surface area contributed by atoms with Gasteiger partial charge in [0.15, 0.2) is 0 Å². The molecule has 0 aliphatic rings. The van der Waals surface area contributed by atoms with Crippen molar-refractivity contribution < 1.29 is 13.9 Å². The number of aryl methyl sites for hydroxylation is 1. The molecule has 0 saturated carbocycles. The minimum absolute atomic E-state index is 0.138. The highest BCUT2D eigenvalue weighted by molar-refractivity contribution is 5.92. The molecule has 3 aromatic rings. The zero-order valence-corrected chi connectivity index (χ0v) is 15.2. The maximum Gasteiger partial charge on any atom is 0.339 e. The SMILES string of the molecule is C=C(COC(=O)c1ccccc1C#Cc1ccc(C)cc1)Cc1ccco1. The molecule has 0 fully saturated rings. The summed E-state index contributed by atoms with van der Waals surface area (Å²) in [7, 11) is 0. The molecule has 134 valence electrons. The van der Waals surface area contributed by atoms with Gasteiger partial charge in [0.1, 0.15) is 12.4 Å². The molecule has 1 aromatic heterocycles. The van der Waals surface area contributed by atoms with Crippen LogP contribution in [0, 0.1) is 18.8 Å². The lowest BCUT2D eigenvalue weighted by Gasteiger charge is -2.08. The van der Waals surface area contributed by atoms with Crippen molar-refractivity contribution in [2.75, 3.05) is 6.61 Å². The van der Waals surface area contributed by atoms with Gasteiger partial charge in [0.05, 0.1) is 11.8 Å². The number of rotatable bonds is 5. The fourth-order valence-corrected chi connectivity index (χ4v) is 2.50. The van der Waals surface area contributed by atoms with E-state index in [0.717, 1.165) is 16.9 Å². The van der Waals surface area contributed by atoms with Gasteiger partial charge in [0.25, 0.3) is 0 Å². The molecule has 27 heavy (non-hydrogen) atoms. The molecule has 0 saturated heterocycles. The Morgan fingerprint density at radius 1 is 1.04 bits per heavy atom. The molecule has 0 amide bonds. The molecule has 0 aliphatic carbocycles. The van der Waals surface area contributed by atoms with Crippen LogP contribution in [0.4, 0.5) is 0 Å². The maximum atomic E-state index is 12.5. The van der Waals surface area contributed by atoms with E-state index in [0.29, 0.717) is 17.5 Å². The average Bonchev–Trinajstić information content (AvgIpc) is 3.19. The predicted molar refractivity (Wildman–Crippen MR) is 105 cm³/mol. The van der Waals surface area contributed by atoms with Crippen molar-refractivity contribution in [1.82, 2.24) is 0 Å². The van der Waals surface area contributed by atoms with Crippen LogP contribution in [-0.4, -0.2) is 12.6 Å². The van der Waals surface area contributed by atoms with Gasteiger partial charge in [-0.15, -0.1) is 0 Å². The number of carbonyl (C=O) groups is 1. The summed E-state index contributed by atoms with van der Waals surface area (Å²) in [5.74, 6) is 6.54. The fraction of sp³-hybridized carbons (Fsp3) is 0.125. The first-order valence-corrected chi connectivity index (χ1v) is 8.66. The molecule has 0 N–H and O–H groups in total. The number of carbonyl (C=O) groups excluding carboxylic acids is 1. The second kappa shape index (κ2) is 8.73. The third kappa shape index (κ3) is 5.23. The standard InChI is InChI=1S/C24H20O3/c1-18-9-11-20(12-10-18)13-14-21-6-3-4-8-23(21)24(25)27-17-19(2)16-22-7-5-15-26-22/h3-12,15H,2,16-17H2,1H3. The van der Waals surface area contributed by atoms with Crippen molar-refractivity contribution in [3.8, 4) is 11.8 Å². The molecule has 0 aliphatic heterocycles. The first kappa shape index (κ1) is 18.3. The largest absolute Gasteiger partial charge is 0.469 e. The summed E-state index contributed by atoms with van der Waals surface area (Å²) in [5.41, 5.74) is 3.93. The average molecular weight is 356 g/mol. The number of ether oxygens (including phenoxy) is 1. The third-order valence-electron chi connectivity index (χ3n) is 3.95. The third-order valence-corrected chi connectivity index (χ3v) is 3.95. The van der Waals surface area contributed by atoms with Gasteiger partial charge >= 0.3 is 5.97 Å². The second-order valence-corrected chi connectivity index (χ2v) is 6.24. The summed E-state index contributed by atoms with van der Waals surface area (Å²) in [6.45, 7) is 6.10. The lowest BCUT2D eigenvalue weighted by molar-refractivity contribution is 0.0537. The van der Waals surface area contributed by atoms with Gasteiger partial charge in [-0.25, -0.2) is 4.79 Å². The molecule has 0 bridgehead atoms. The zero-order chi connectivity index (χ0) is 19.1. The van der Waals surface area contributed by atoms with E-state index in [-0.39, 0.29) is 6.61 Å². The molecule has 1 heterocycles. The second-order valence-electron chi connectivity index (χ2n) is 6.24. The van der Waals surface area contributed by atoms with Crippen LogP contribution in [0.2, 0.25) is 0 Å². The van der Waals surface area contributed by atoms with Crippen molar-refractivity contribution >= 4 is 5.97 Å². The van der Waals surface area contributed by atoms with Crippen LogP contribution in [0.25, 0.3) is 0 Å². The Hall–Kier alpha value is -3.51. The quantitative estimate of drug-likeness (QED) is 0.369. The van der Waals surface area contributed by atoms with Gasteiger partial charge in [-0.05, 0) is 48.9 Å². The van der Waals surface area contributed by atoms with Crippen LogP contribution in [0.3, 0.4) is 0 Å².